The van der Waals surface area contributed by atoms with Gasteiger partial charge in [-0.25, -0.2) is 4.98 Å². The Labute approximate surface area is 193 Å². The molecule has 9 heteroatoms. The predicted molar refractivity (Wildman–Crippen MR) is 124 cm³/mol. The second-order valence-corrected chi connectivity index (χ2v) is 8.65. The second-order valence-electron chi connectivity index (χ2n) is 6.82. The fourth-order valence-corrected chi connectivity index (χ4v) is 4.88. The lowest BCUT2D eigenvalue weighted by Crippen LogP contribution is -2.13. The van der Waals surface area contributed by atoms with Crippen LogP contribution in [0.4, 0.5) is 0 Å². The molecular formula is C23H19N5O2S2. The Morgan fingerprint density at radius 1 is 1.19 bits per heavy atom. The summed E-state index contributed by atoms with van der Waals surface area (Å²) >= 11 is 2.58. The van der Waals surface area contributed by atoms with E-state index >= 15 is 0 Å². The number of carbonyl (C=O) groups excluding carboxylic acids is 1. The largest absolute Gasteiger partial charge is 0.496 e. The van der Waals surface area contributed by atoms with Crippen LogP contribution in [0.25, 0.3) is 17.1 Å². The number of aromatic nitrogens is 4. The molecule has 0 bridgehead atoms. The highest BCUT2D eigenvalue weighted by Gasteiger charge is 2.25. The first-order chi connectivity index (χ1) is 15.6. The summed E-state index contributed by atoms with van der Waals surface area (Å²) in [6.07, 6.45) is 0. The number of aryl methyl sites for hydroxylation is 1. The van der Waals surface area contributed by atoms with Crippen molar-refractivity contribution >= 4 is 28.9 Å². The number of thiazole rings is 1. The van der Waals surface area contributed by atoms with E-state index in [1.807, 2.05) is 71.5 Å². The number of hydrogen-bond donors (Lipinski definition) is 0. The number of benzene rings is 2. The first kappa shape index (κ1) is 21.7. The van der Waals surface area contributed by atoms with Crippen LogP contribution in [0.5, 0.6) is 5.75 Å². The van der Waals surface area contributed by atoms with Gasteiger partial charge in [-0.2, -0.15) is 5.26 Å². The molecule has 4 aromatic rings. The van der Waals surface area contributed by atoms with Gasteiger partial charge in [0.25, 0.3) is 0 Å². The number of methoxy groups -OCH3 is 1. The van der Waals surface area contributed by atoms with Crippen molar-refractivity contribution in [2.45, 2.75) is 18.0 Å². The van der Waals surface area contributed by atoms with Crippen molar-refractivity contribution in [2.75, 3.05) is 12.9 Å². The molecule has 0 saturated carbocycles. The van der Waals surface area contributed by atoms with E-state index in [2.05, 4.69) is 21.3 Å². The number of carbonyl (C=O) groups is 1. The molecule has 1 unspecified atom stereocenters. The standard InChI is InChI=1S/C23H19N5O2S2/c1-15-13-31-22(25-15)18(12-24)19(29)14-32-23-27-26-21(17-10-6-7-11-20(17)30-2)28(23)16-8-4-3-5-9-16/h3-11,13,18H,14H2,1-2H3. The molecule has 7 nitrogen and oxygen atoms in total. The summed E-state index contributed by atoms with van der Waals surface area (Å²) < 4.78 is 7.40. The molecule has 2 aromatic heterocycles. The highest BCUT2D eigenvalue weighted by atomic mass is 32.2. The molecule has 0 aliphatic carbocycles. The summed E-state index contributed by atoms with van der Waals surface area (Å²) in [7, 11) is 1.61. The Hall–Kier alpha value is -3.48. The Morgan fingerprint density at radius 3 is 2.62 bits per heavy atom. The van der Waals surface area contributed by atoms with E-state index in [1.54, 1.807) is 7.11 Å². The Morgan fingerprint density at radius 2 is 1.94 bits per heavy atom. The minimum absolute atomic E-state index is 0.0771. The van der Waals surface area contributed by atoms with Gasteiger partial charge in [0, 0.05) is 16.8 Å². The third-order valence-electron chi connectivity index (χ3n) is 4.67. The van der Waals surface area contributed by atoms with Crippen LogP contribution in [0.15, 0.2) is 65.1 Å². The Kier molecular flexibility index (Phi) is 6.63. The SMILES string of the molecule is COc1ccccc1-c1nnc(SCC(=O)C(C#N)c2nc(C)cs2)n1-c1ccccc1. The van der Waals surface area contributed by atoms with Crippen molar-refractivity contribution in [2.24, 2.45) is 0 Å². The summed E-state index contributed by atoms with van der Waals surface area (Å²) in [5.41, 5.74) is 2.45. The molecule has 0 fully saturated rings. The number of thioether (sulfide) groups is 1. The number of para-hydroxylation sites is 2. The number of nitrogens with zero attached hydrogens (tertiary/aromatic N) is 5. The number of hydrogen-bond acceptors (Lipinski definition) is 8. The van der Waals surface area contributed by atoms with Gasteiger partial charge in [-0.1, -0.05) is 42.1 Å². The Balaban J connectivity index is 1.67. The van der Waals surface area contributed by atoms with E-state index in [4.69, 9.17) is 4.74 Å². The van der Waals surface area contributed by atoms with Crippen molar-refractivity contribution in [3.8, 4) is 28.9 Å². The summed E-state index contributed by atoms with van der Waals surface area (Å²) in [6, 6.07) is 19.3. The number of Topliss-reactive ketones (excluding diaryl/α,β-unsaturated/α-hetero) is 1. The van der Waals surface area contributed by atoms with Crippen molar-refractivity contribution in [1.82, 2.24) is 19.7 Å². The van der Waals surface area contributed by atoms with Crippen LogP contribution < -0.4 is 4.74 Å². The van der Waals surface area contributed by atoms with E-state index < -0.39 is 5.92 Å². The molecule has 0 spiro atoms. The molecule has 0 N–H and O–H groups in total. The second kappa shape index (κ2) is 9.77. The lowest BCUT2D eigenvalue weighted by Gasteiger charge is -2.12. The normalized spacial score (nSPS) is 11.7. The highest BCUT2D eigenvalue weighted by molar-refractivity contribution is 7.99. The quantitative estimate of drug-likeness (QED) is 0.352. The van der Waals surface area contributed by atoms with Crippen LogP contribution in [-0.4, -0.2) is 38.4 Å². The molecule has 2 aromatic carbocycles. The van der Waals surface area contributed by atoms with Crippen molar-refractivity contribution in [1.29, 1.82) is 5.26 Å². The van der Waals surface area contributed by atoms with Gasteiger partial charge < -0.3 is 4.74 Å². The zero-order valence-corrected chi connectivity index (χ0v) is 19.1. The molecule has 0 radical (unpaired) electrons. The third kappa shape index (κ3) is 4.42. The first-order valence-electron chi connectivity index (χ1n) is 9.73. The minimum atomic E-state index is -0.886. The van der Waals surface area contributed by atoms with Crippen molar-refractivity contribution < 1.29 is 9.53 Å². The molecule has 0 aliphatic rings. The van der Waals surface area contributed by atoms with Crippen LogP contribution in [0.1, 0.15) is 16.6 Å². The number of ketones is 1. The monoisotopic (exact) mass is 461 g/mol. The fraction of sp³-hybridized carbons (Fsp3) is 0.174. The first-order valence-corrected chi connectivity index (χ1v) is 11.6. The van der Waals surface area contributed by atoms with Gasteiger partial charge in [-0.15, -0.1) is 21.5 Å². The van der Waals surface area contributed by atoms with E-state index in [-0.39, 0.29) is 11.5 Å². The predicted octanol–water partition coefficient (Wildman–Crippen LogP) is 4.68. The fourth-order valence-electron chi connectivity index (χ4n) is 3.17. The minimum Gasteiger partial charge on any atom is -0.496 e. The molecule has 4 rings (SSSR count). The topological polar surface area (TPSA) is 93.7 Å². The van der Waals surface area contributed by atoms with Gasteiger partial charge >= 0.3 is 0 Å². The van der Waals surface area contributed by atoms with Crippen LogP contribution in [0, 0.1) is 18.3 Å². The molecule has 2 heterocycles. The molecule has 160 valence electrons. The molecule has 0 aliphatic heterocycles. The van der Waals surface area contributed by atoms with Gasteiger partial charge in [0.15, 0.2) is 22.7 Å². The molecule has 1 atom stereocenters. The van der Waals surface area contributed by atoms with Crippen LogP contribution in [0.3, 0.4) is 0 Å². The summed E-state index contributed by atoms with van der Waals surface area (Å²) in [5.74, 6) is 0.258. The van der Waals surface area contributed by atoms with Crippen LogP contribution in [0.2, 0.25) is 0 Å². The molecule has 0 saturated heterocycles. The number of rotatable bonds is 8. The van der Waals surface area contributed by atoms with E-state index in [1.165, 1.54) is 23.1 Å². The maximum absolute atomic E-state index is 12.8. The highest BCUT2D eigenvalue weighted by Crippen LogP contribution is 2.33. The van der Waals surface area contributed by atoms with Crippen LogP contribution >= 0.6 is 23.1 Å². The maximum atomic E-state index is 12.8. The lowest BCUT2D eigenvalue weighted by atomic mass is 10.1. The zero-order chi connectivity index (χ0) is 22.5. The summed E-state index contributed by atoms with van der Waals surface area (Å²) in [5, 5.41) is 21.2. The molecular weight excluding hydrogens is 442 g/mol. The average molecular weight is 462 g/mol. The Bertz CT molecular complexity index is 1280. The van der Waals surface area contributed by atoms with Gasteiger partial charge in [0.1, 0.15) is 10.8 Å². The van der Waals surface area contributed by atoms with Gasteiger partial charge in [0.2, 0.25) is 0 Å². The zero-order valence-electron chi connectivity index (χ0n) is 17.4. The molecule has 32 heavy (non-hydrogen) atoms. The smallest absolute Gasteiger partial charge is 0.196 e. The van der Waals surface area contributed by atoms with Crippen LogP contribution in [-0.2, 0) is 4.79 Å². The van der Waals surface area contributed by atoms with Crippen molar-refractivity contribution in [3.05, 3.63) is 70.7 Å². The lowest BCUT2D eigenvalue weighted by molar-refractivity contribution is -0.116. The van der Waals surface area contributed by atoms with E-state index in [9.17, 15) is 10.1 Å². The number of nitriles is 1. The van der Waals surface area contributed by atoms with Gasteiger partial charge in [-0.05, 0) is 31.2 Å². The van der Waals surface area contributed by atoms with E-state index in [0.29, 0.717) is 21.7 Å². The molecule has 0 amide bonds. The maximum Gasteiger partial charge on any atom is 0.196 e. The van der Waals surface area contributed by atoms with Gasteiger partial charge in [-0.3, -0.25) is 9.36 Å². The van der Waals surface area contributed by atoms with Gasteiger partial charge in [0.05, 0.1) is 24.5 Å². The number of ether oxygens (including phenoxy) is 1. The summed E-state index contributed by atoms with van der Waals surface area (Å²) in [4.78, 5) is 17.1. The summed E-state index contributed by atoms with van der Waals surface area (Å²) in [6.45, 7) is 1.84. The van der Waals surface area contributed by atoms with E-state index in [0.717, 1.165) is 16.9 Å². The average Bonchev–Trinajstić information content (AvgIpc) is 3.45. The third-order valence-corrected chi connectivity index (χ3v) is 6.65. The van der Waals surface area contributed by atoms with Crippen molar-refractivity contribution in [3.63, 3.8) is 0 Å².